The van der Waals surface area contributed by atoms with Crippen LogP contribution in [0.3, 0.4) is 0 Å². The minimum absolute atomic E-state index is 0.0735. The summed E-state index contributed by atoms with van der Waals surface area (Å²) in [7, 11) is 0. The minimum atomic E-state index is 0.0735. The predicted octanol–water partition coefficient (Wildman–Crippen LogP) is 4.89. The summed E-state index contributed by atoms with van der Waals surface area (Å²) in [6.45, 7) is 0. The fraction of sp³-hybridized carbons (Fsp3) is 0.235. The molecule has 2 aromatic carbocycles. The smallest absolute Gasteiger partial charge is 0.123 e. The Balaban J connectivity index is 2.07. The molecule has 0 saturated heterocycles. The average molecular weight is 305 g/mol. The molecule has 20 heavy (non-hydrogen) atoms. The zero-order valence-electron chi connectivity index (χ0n) is 10.9. The summed E-state index contributed by atoms with van der Waals surface area (Å²) >= 11 is 12.1. The Morgan fingerprint density at radius 2 is 1.85 bits per heavy atom. The van der Waals surface area contributed by atoms with Gasteiger partial charge in [-0.1, -0.05) is 53.5 Å². The van der Waals surface area contributed by atoms with Crippen molar-refractivity contribution < 1.29 is 4.79 Å². The number of benzene rings is 2. The second-order valence-corrected chi connectivity index (χ2v) is 6.08. The summed E-state index contributed by atoms with van der Waals surface area (Å²) < 4.78 is 0. The monoisotopic (exact) mass is 304 g/mol. The molecule has 2 aromatic rings. The largest absolute Gasteiger partial charge is 0.303 e. The molecule has 102 valence electrons. The fourth-order valence-electron chi connectivity index (χ4n) is 3.00. The van der Waals surface area contributed by atoms with Crippen LogP contribution < -0.4 is 0 Å². The van der Waals surface area contributed by atoms with Crippen LogP contribution in [0.4, 0.5) is 0 Å². The maximum absolute atomic E-state index is 11.2. The molecule has 3 heteroatoms. The average Bonchev–Trinajstić information content (AvgIpc) is 2.49. The maximum Gasteiger partial charge on any atom is 0.123 e. The fourth-order valence-corrected chi connectivity index (χ4v) is 3.31. The number of aldehydes is 1. The molecule has 0 spiro atoms. The van der Waals surface area contributed by atoms with Crippen molar-refractivity contribution >= 4 is 29.5 Å². The molecule has 0 N–H and O–H groups in total. The molecule has 0 heterocycles. The van der Waals surface area contributed by atoms with Crippen LogP contribution in [0.1, 0.15) is 29.0 Å². The molecule has 2 atom stereocenters. The standard InChI is InChI=1S/C17H14Cl2O/c18-16-6-5-13(9-17(16)19)15-8-11(10-20)7-12-3-1-2-4-14(12)15/h1-6,9-11,15H,7-8H2. The van der Waals surface area contributed by atoms with Gasteiger partial charge in [-0.15, -0.1) is 0 Å². The van der Waals surface area contributed by atoms with Gasteiger partial charge in [0, 0.05) is 11.8 Å². The highest BCUT2D eigenvalue weighted by Gasteiger charge is 2.27. The molecule has 0 radical (unpaired) electrons. The van der Waals surface area contributed by atoms with E-state index in [9.17, 15) is 4.79 Å². The number of halogens is 2. The van der Waals surface area contributed by atoms with Crippen molar-refractivity contribution in [1.29, 1.82) is 0 Å². The van der Waals surface area contributed by atoms with Gasteiger partial charge in [-0.25, -0.2) is 0 Å². The quantitative estimate of drug-likeness (QED) is 0.722. The minimum Gasteiger partial charge on any atom is -0.303 e. The molecular weight excluding hydrogens is 291 g/mol. The molecule has 0 fully saturated rings. The van der Waals surface area contributed by atoms with Crippen LogP contribution in [0.5, 0.6) is 0 Å². The van der Waals surface area contributed by atoms with Gasteiger partial charge in [0.05, 0.1) is 10.0 Å². The number of fused-ring (bicyclic) bond motifs is 1. The molecule has 0 aromatic heterocycles. The van der Waals surface area contributed by atoms with Crippen molar-refractivity contribution in [2.45, 2.75) is 18.8 Å². The van der Waals surface area contributed by atoms with E-state index in [1.54, 1.807) is 0 Å². The van der Waals surface area contributed by atoms with Crippen molar-refractivity contribution in [3.05, 3.63) is 69.2 Å². The number of carbonyl (C=O) groups is 1. The van der Waals surface area contributed by atoms with Gasteiger partial charge >= 0.3 is 0 Å². The maximum atomic E-state index is 11.2. The lowest BCUT2D eigenvalue weighted by atomic mass is 9.74. The zero-order chi connectivity index (χ0) is 14.1. The van der Waals surface area contributed by atoms with Gasteiger partial charge in [0.1, 0.15) is 6.29 Å². The molecule has 1 aliphatic rings. The van der Waals surface area contributed by atoms with E-state index in [1.807, 2.05) is 30.3 Å². The Bertz CT molecular complexity index is 651. The first-order valence-corrected chi connectivity index (χ1v) is 7.42. The number of hydrogen-bond acceptors (Lipinski definition) is 1. The van der Waals surface area contributed by atoms with E-state index in [-0.39, 0.29) is 11.8 Å². The summed E-state index contributed by atoms with van der Waals surface area (Å²) in [5, 5.41) is 1.13. The lowest BCUT2D eigenvalue weighted by Gasteiger charge is -2.29. The van der Waals surface area contributed by atoms with E-state index in [0.717, 1.165) is 24.7 Å². The SMILES string of the molecule is O=CC1Cc2ccccc2C(c2ccc(Cl)c(Cl)c2)C1. The first-order chi connectivity index (χ1) is 9.69. The molecule has 3 rings (SSSR count). The molecule has 1 nitrogen and oxygen atoms in total. The van der Waals surface area contributed by atoms with Crippen molar-refractivity contribution in [2.75, 3.05) is 0 Å². The summed E-state index contributed by atoms with van der Waals surface area (Å²) in [6, 6.07) is 14.1. The summed E-state index contributed by atoms with van der Waals surface area (Å²) in [5.41, 5.74) is 3.68. The molecule has 2 unspecified atom stereocenters. The van der Waals surface area contributed by atoms with Gasteiger partial charge in [0.2, 0.25) is 0 Å². The number of carbonyl (C=O) groups excluding carboxylic acids is 1. The van der Waals surface area contributed by atoms with Gasteiger partial charge in [-0.05, 0) is 41.7 Å². The Hall–Kier alpha value is -1.31. The lowest BCUT2D eigenvalue weighted by molar-refractivity contribution is -0.111. The second kappa shape index (κ2) is 5.59. The van der Waals surface area contributed by atoms with Crippen LogP contribution in [0.2, 0.25) is 10.0 Å². The van der Waals surface area contributed by atoms with E-state index < -0.39 is 0 Å². The van der Waals surface area contributed by atoms with E-state index in [4.69, 9.17) is 23.2 Å². The second-order valence-electron chi connectivity index (χ2n) is 5.26. The van der Waals surface area contributed by atoms with Crippen LogP contribution in [-0.4, -0.2) is 6.29 Å². The highest BCUT2D eigenvalue weighted by molar-refractivity contribution is 6.42. The van der Waals surface area contributed by atoms with Gasteiger partial charge in [0.25, 0.3) is 0 Å². The van der Waals surface area contributed by atoms with Crippen LogP contribution >= 0.6 is 23.2 Å². The molecule has 0 aliphatic heterocycles. The third kappa shape index (κ3) is 2.48. The van der Waals surface area contributed by atoms with Crippen molar-refractivity contribution in [1.82, 2.24) is 0 Å². The highest BCUT2D eigenvalue weighted by Crippen LogP contribution is 2.40. The normalized spacial score (nSPS) is 21.3. The molecule has 0 bridgehead atoms. The van der Waals surface area contributed by atoms with Crippen LogP contribution in [0.15, 0.2) is 42.5 Å². The topological polar surface area (TPSA) is 17.1 Å². The molecular formula is C17H14Cl2O. The van der Waals surface area contributed by atoms with Gasteiger partial charge < -0.3 is 4.79 Å². The van der Waals surface area contributed by atoms with E-state index in [0.29, 0.717) is 10.0 Å². The van der Waals surface area contributed by atoms with Gasteiger partial charge in [-0.2, -0.15) is 0 Å². The van der Waals surface area contributed by atoms with Crippen molar-refractivity contribution in [3.8, 4) is 0 Å². The highest BCUT2D eigenvalue weighted by atomic mass is 35.5. The Kier molecular flexibility index (Phi) is 3.82. The van der Waals surface area contributed by atoms with Gasteiger partial charge in [-0.3, -0.25) is 0 Å². The summed E-state index contributed by atoms with van der Waals surface area (Å²) in [4.78, 5) is 11.2. The number of hydrogen-bond donors (Lipinski definition) is 0. The van der Waals surface area contributed by atoms with Crippen molar-refractivity contribution in [3.63, 3.8) is 0 Å². The first kappa shape index (κ1) is 13.7. The molecule has 1 aliphatic carbocycles. The third-order valence-electron chi connectivity index (χ3n) is 3.99. The summed E-state index contributed by atoms with van der Waals surface area (Å²) in [5.74, 6) is 0.286. The van der Waals surface area contributed by atoms with E-state index >= 15 is 0 Å². The zero-order valence-corrected chi connectivity index (χ0v) is 12.4. The van der Waals surface area contributed by atoms with Crippen LogP contribution in [-0.2, 0) is 11.2 Å². The van der Waals surface area contributed by atoms with Crippen LogP contribution in [0, 0.1) is 5.92 Å². The molecule has 0 saturated carbocycles. The Morgan fingerprint density at radius 3 is 2.60 bits per heavy atom. The Morgan fingerprint density at radius 1 is 1.05 bits per heavy atom. The van der Waals surface area contributed by atoms with Crippen LogP contribution in [0.25, 0.3) is 0 Å². The summed E-state index contributed by atoms with van der Waals surface area (Å²) in [6.07, 6.45) is 2.73. The molecule has 0 amide bonds. The predicted molar refractivity (Wildman–Crippen MR) is 82.6 cm³/mol. The lowest BCUT2D eigenvalue weighted by Crippen LogP contribution is -2.20. The number of rotatable bonds is 2. The van der Waals surface area contributed by atoms with Gasteiger partial charge in [0.15, 0.2) is 0 Å². The first-order valence-electron chi connectivity index (χ1n) is 6.67. The van der Waals surface area contributed by atoms with E-state index in [2.05, 4.69) is 12.1 Å². The Labute approximate surface area is 128 Å². The third-order valence-corrected chi connectivity index (χ3v) is 4.73. The van der Waals surface area contributed by atoms with Crippen molar-refractivity contribution in [2.24, 2.45) is 5.92 Å². The van der Waals surface area contributed by atoms with E-state index in [1.165, 1.54) is 11.1 Å².